The van der Waals surface area contributed by atoms with E-state index in [4.69, 9.17) is 0 Å². The predicted octanol–water partition coefficient (Wildman–Crippen LogP) is 8.12. The number of fused-ring (bicyclic) bond motifs is 1. The molecule has 0 radical (unpaired) electrons. The first-order valence-electron chi connectivity index (χ1n) is 10.7. The summed E-state index contributed by atoms with van der Waals surface area (Å²) >= 11 is 0. The van der Waals surface area contributed by atoms with Gasteiger partial charge in [0.2, 0.25) is 0 Å². The number of unbranched alkanes of at least 4 members (excludes halogenated alkanes) is 1. The van der Waals surface area contributed by atoms with Gasteiger partial charge in [0.05, 0.1) is 0 Å². The third kappa shape index (κ3) is 5.09. The number of allylic oxidation sites excluding steroid dienone is 4. The first-order chi connectivity index (χ1) is 13.2. The van der Waals surface area contributed by atoms with Crippen molar-refractivity contribution in [2.45, 2.75) is 71.1 Å². The van der Waals surface area contributed by atoms with Crippen LogP contribution in [0.5, 0.6) is 0 Å². The van der Waals surface area contributed by atoms with Crippen LogP contribution in [0, 0.1) is 11.7 Å². The van der Waals surface area contributed by atoms with Crippen LogP contribution in [0.4, 0.5) is 4.39 Å². The van der Waals surface area contributed by atoms with Gasteiger partial charge in [-0.3, -0.25) is 0 Å². The molecule has 1 aliphatic rings. The monoisotopic (exact) mass is 364 g/mol. The van der Waals surface area contributed by atoms with Crippen molar-refractivity contribution in [1.29, 1.82) is 0 Å². The number of hydrogen-bond acceptors (Lipinski definition) is 0. The molecule has 2 aromatic rings. The molecule has 1 saturated carbocycles. The lowest BCUT2D eigenvalue weighted by atomic mass is 9.78. The van der Waals surface area contributed by atoms with Crippen molar-refractivity contribution in [3.63, 3.8) is 0 Å². The zero-order chi connectivity index (χ0) is 19.1. The van der Waals surface area contributed by atoms with Crippen LogP contribution in [-0.2, 0) is 6.42 Å². The largest absolute Gasteiger partial charge is 0.206 e. The average Bonchev–Trinajstić information content (AvgIpc) is 2.69. The smallest absolute Gasteiger partial charge is 0.134 e. The molecule has 1 heteroatoms. The minimum Gasteiger partial charge on any atom is -0.206 e. The number of hydrogen-bond donors (Lipinski definition) is 0. The molecule has 0 heterocycles. The number of aryl methyl sites for hydroxylation is 1. The lowest BCUT2D eigenvalue weighted by molar-refractivity contribution is 0.368. The summed E-state index contributed by atoms with van der Waals surface area (Å²) < 4.78 is 15.2. The van der Waals surface area contributed by atoms with E-state index in [2.05, 4.69) is 49.4 Å². The Hall–Kier alpha value is -1.89. The third-order valence-electron chi connectivity index (χ3n) is 5.96. The molecule has 0 nitrogen and oxygen atoms in total. The lowest BCUT2D eigenvalue weighted by Gasteiger charge is -2.27. The van der Waals surface area contributed by atoms with Crippen molar-refractivity contribution < 1.29 is 4.39 Å². The van der Waals surface area contributed by atoms with Gasteiger partial charge >= 0.3 is 0 Å². The van der Waals surface area contributed by atoms with Crippen LogP contribution in [0.3, 0.4) is 0 Å². The molecular formula is C26H33F. The second kappa shape index (κ2) is 9.88. The second-order valence-electron chi connectivity index (χ2n) is 7.96. The molecule has 0 aliphatic heterocycles. The van der Waals surface area contributed by atoms with Gasteiger partial charge in [-0.1, -0.05) is 68.0 Å². The molecule has 0 spiro atoms. The first-order valence-corrected chi connectivity index (χ1v) is 10.7. The maximum absolute atomic E-state index is 15.2. The molecule has 0 amide bonds. The van der Waals surface area contributed by atoms with Crippen LogP contribution in [-0.4, -0.2) is 0 Å². The fraction of sp³-hybridized carbons (Fsp3) is 0.462. The van der Waals surface area contributed by atoms with E-state index in [1.165, 1.54) is 31.2 Å². The summed E-state index contributed by atoms with van der Waals surface area (Å²) in [4.78, 5) is 0. The van der Waals surface area contributed by atoms with Crippen LogP contribution in [0.25, 0.3) is 10.8 Å². The molecule has 0 atom stereocenters. The third-order valence-corrected chi connectivity index (χ3v) is 5.96. The first kappa shape index (κ1) is 19.9. The van der Waals surface area contributed by atoms with Gasteiger partial charge in [0.25, 0.3) is 0 Å². The molecule has 3 rings (SSSR count). The number of benzene rings is 2. The van der Waals surface area contributed by atoms with Crippen molar-refractivity contribution in [2.75, 3.05) is 0 Å². The van der Waals surface area contributed by atoms with Gasteiger partial charge in [-0.25, -0.2) is 4.39 Å². The van der Waals surface area contributed by atoms with Gasteiger partial charge in [0, 0.05) is 5.39 Å². The molecular weight excluding hydrogens is 331 g/mol. The summed E-state index contributed by atoms with van der Waals surface area (Å²) in [6.45, 7) is 4.27. The Morgan fingerprint density at radius 1 is 1.00 bits per heavy atom. The van der Waals surface area contributed by atoms with Crippen LogP contribution >= 0.6 is 0 Å². The lowest BCUT2D eigenvalue weighted by Crippen LogP contribution is -2.13. The highest BCUT2D eigenvalue weighted by Gasteiger charge is 2.23. The van der Waals surface area contributed by atoms with Gasteiger partial charge in [-0.15, -0.1) is 0 Å². The van der Waals surface area contributed by atoms with Gasteiger partial charge < -0.3 is 0 Å². The molecule has 0 bridgehead atoms. The Kier molecular flexibility index (Phi) is 7.26. The fourth-order valence-corrected chi connectivity index (χ4v) is 4.32. The summed E-state index contributed by atoms with van der Waals surface area (Å²) in [5, 5.41) is 1.82. The number of halogens is 1. The maximum atomic E-state index is 15.2. The highest BCUT2D eigenvalue weighted by molar-refractivity contribution is 5.84. The van der Waals surface area contributed by atoms with Crippen molar-refractivity contribution in [3.8, 4) is 0 Å². The molecule has 27 heavy (non-hydrogen) atoms. The summed E-state index contributed by atoms with van der Waals surface area (Å²) in [5.41, 5.74) is 2.22. The van der Waals surface area contributed by atoms with Crippen molar-refractivity contribution in [2.24, 2.45) is 5.92 Å². The van der Waals surface area contributed by atoms with Crippen LogP contribution in [0.2, 0.25) is 0 Å². The quantitative estimate of drug-likeness (QED) is 0.435. The Labute approximate surface area is 164 Å². The zero-order valence-electron chi connectivity index (χ0n) is 16.9. The molecule has 144 valence electrons. The molecule has 0 unspecified atom stereocenters. The van der Waals surface area contributed by atoms with E-state index < -0.39 is 0 Å². The highest BCUT2D eigenvalue weighted by Crippen LogP contribution is 2.39. The van der Waals surface area contributed by atoms with Crippen molar-refractivity contribution >= 4 is 10.8 Å². The molecule has 0 saturated heterocycles. The molecule has 2 aromatic carbocycles. The van der Waals surface area contributed by atoms with E-state index in [-0.39, 0.29) is 5.82 Å². The summed E-state index contributed by atoms with van der Waals surface area (Å²) in [7, 11) is 0. The van der Waals surface area contributed by atoms with Crippen LogP contribution in [0.1, 0.15) is 75.8 Å². The van der Waals surface area contributed by atoms with Gasteiger partial charge in [0.15, 0.2) is 0 Å². The van der Waals surface area contributed by atoms with E-state index >= 15 is 4.39 Å². The summed E-state index contributed by atoms with van der Waals surface area (Å²) in [6, 6.07) is 10.4. The van der Waals surface area contributed by atoms with Crippen LogP contribution in [0.15, 0.2) is 54.6 Å². The van der Waals surface area contributed by atoms with E-state index in [1.54, 1.807) is 0 Å². The van der Waals surface area contributed by atoms with Gasteiger partial charge in [-0.2, -0.15) is 0 Å². The Morgan fingerprint density at radius 2 is 1.81 bits per heavy atom. The standard InChI is InChI=1S/C26H33F/c1-3-5-7-9-20-11-14-22(15-12-20)24-18-16-23-19-21(10-8-6-4-2)13-17-25(23)26(24)27/h4,6-7,9,13,16-20,22H,3,5,8,10-12,14-15H2,1-2H3/b6-4+,9-7+. The number of rotatable bonds is 7. The Bertz CT molecular complexity index is 791. The molecule has 1 fully saturated rings. The van der Waals surface area contributed by atoms with Crippen LogP contribution < -0.4 is 0 Å². The van der Waals surface area contributed by atoms with Crippen molar-refractivity contribution in [3.05, 3.63) is 71.6 Å². The molecule has 0 N–H and O–H groups in total. The minimum atomic E-state index is 0.0116. The summed E-state index contributed by atoms with van der Waals surface area (Å²) in [5.74, 6) is 1.08. The minimum absolute atomic E-state index is 0.0116. The molecule has 1 aliphatic carbocycles. The van der Waals surface area contributed by atoms with Crippen molar-refractivity contribution in [1.82, 2.24) is 0 Å². The molecule has 0 aromatic heterocycles. The SMILES string of the molecule is C/C=C/CCc1ccc2c(F)c(C3CCC(/C=C/CCC)CC3)ccc2c1. The second-order valence-corrected chi connectivity index (χ2v) is 7.96. The highest BCUT2D eigenvalue weighted by atomic mass is 19.1. The van der Waals surface area contributed by atoms with E-state index in [0.717, 1.165) is 42.0 Å². The van der Waals surface area contributed by atoms with Gasteiger partial charge in [-0.05, 0) is 80.2 Å². The van der Waals surface area contributed by atoms with Gasteiger partial charge in [0.1, 0.15) is 5.82 Å². The normalized spacial score (nSPS) is 20.9. The Morgan fingerprint density at radius 3 is 2.56 bits per heavy atom. The average molecular weight is 365 g/mol. The van der Waals surface area contributed by atoms with E-state index in [1.807, 2.05) is 19.1 Å². The zero-order valence-corrected chi connectivity index (χ0v) is 16.9. The fourth-order valence-electron chi connectivity index (χ4n) is 4.32. The Balaban J connectivity index is 1.71. The topological polar surface area (TPSA) is 0 Å². The van der Waals surface area contributed by atoms with E-state index in [0.29, 0.717) is 11.8 Å². The summed E-state index contributed by atoms with van der Waals surface area (Å²) in [6.07, 6.45) is 18.0. The van der Waals surface area contributed by atoms with E-state index in [9.17, 15) is 0 Å². The predicted molar refractivity (Wildman–Crippen MR) is 116 cm³/mol. The maximum Gasteiger partial charge on any atom is 0.134 e.